The summed E-state index contributed by atoms with van der Waals surface area (Å²) in [7, 11) is 0. The molecule has 0 spiro atoms. The minimum absolute atomic E-state index is 0.0119. The fourth-order valence-corrected chi connectivity index (χ4v) is 5.67. The van der Waals surface area contributed by atoms with Gasteiger partial charge in [0.05, 0.1) is 0 Å². The van der Waals surface area contributed by atoms with E-state index in [9.17, 15) is 19.5 Å². The van der Waals surface area contributed by atoms with E-state index in [1.54, 1.807) is 0 Å². The van der Waals surface area contributed by atoms with Crippen molar-refractivity contribution in [1.29, 1.82) is 0 Å². The van der Waals surface area contributed by atoms with Crippen LogP contribution in [-0.4, -0.2) is 40.6 Å². The minimum Gasteiger partial charge on any atom is -0.458 e. The van der Waals surface area contributed by atoms with Crippen LogP contribution >= 0.6 is 0 Å². The number of esters is 1. The Kier molecular flexibility index (Phi) is 3.30. The van der Waals surface area contributed by atoms with Gasteiger partial charge in [0.2, 0.25) is 11.6 Å². The van der Waals surface area contributed by atoms with Crippen molar-refractivity contribution < 1.29 is 29.0 Å². The van der Waals surface area contributed by atoms with Gasteiger partial charge in [0.15, 0.2) is 11.7 Å². The molecule has 3 bridgehead atoms. The first-order valence-corrected chi connectivity index (χ1v) is 8.89. The van der Waals surface area contributed by atoms with Crippen LogP contribution in [0.4, 0.5) is 0 Å². The Labute approximate surface area is 140 Å². The number of ketones is 2. The molecule has 2 aliphatic carbocycles. The van der Waals surface area contributed by atoms with Gasteiger partial charge in [-0.05, 0) is 31.6 Å². The highest BCUT2D eigenvalue weighted by atomic mass is 16.7. The number of ether oxygens (including phenoxy) is 2. The third-order valence-electron chi connectivity index (χ3n) is 7.14. The topological polar surface area (TPSA) is 89.9 Å². The van der Waals surface area contributed by atoms with Gasteiger partial charge in [0.1, 0.15) is 12.2 Å². The van der Waals surface area contributed by atoms with Gasteiger partial charge in [-0.1, -0.05) is 26.7 Å². The van der Waals surface area contributed by atoms with Gasteiger partial charge in [-0.25, -0.2) is 0 Å². The highest BCUT2D eigenvalue weighted by Gasteiger charge is 2.68. The fourth-order valence-electron chi connectivity index (χ4n) is 5.67. The molecule has 0 radical (unpaired) electrons. The van der Waals surface area contributed by atoms with Crippen LogP contribution in [0.25, 0.3) is 0 Å². The van der Waals surface area contributed by atoms with Crippen molar-refractivity contribution in [2.24, 2.45) is 29.1 Å². The monoisotopic (exact) mass is 336 g/mol. The lowest BCUT2D eigenvalue weighted by Gasteiger charge is -2.55. The van der Waals surface area contributed by atoms with Crippen molar-refractivity contribution in [3.63, 3.8) is 0 Å². The number of carbonyl (C=O) groups is 3. The molecule has 4 rings (SSSR count). The Morgan fingerprint density at radius 3 is 2.42 bits per heavy atom. The molecule has 0 aromatic rings. The zero-order chi connectivity index (χ0) is 17.4. The van der Waals surface area contributed by atoms with Gasteiger partial charge in [-0.3, -0.25) is 14.4 Å². The maximum Gasteiger partial charge on any atom is 0.324 e. The van der Waals surface area contributed by atoms with Crippen LogP contribution in [0, 0.1) is 29.1 Å². The van der Waals surface area contributed by atoms with Crippen molar-refractivity contribution in [3.8, 4) is 0 Å². The Morgan fingerprint density at radius 1 is 1.04 bits per heavy atom. The van der Waals surface area contributed by atoms with Crippen LogP contribution in [0.3, 0.4) is 0 Å². The van der Waals surface area contributed by atoms with E-state index < -0.39 is 46.9 Å². The number of hydrogen-bond donors (Lipinski definition) is 1. The summed E-state index contributed by atoms with van der Waals surface area (Å²) in [5.74, 6) is -6.01. The van der Waals surface area contributed by atoms with Gasteiger partial charge < -0.3 is 14.6 Å². The molecular weight excluding hydrogens is 312 g/mol. The van der Waals surface area contributed by atoms with Crippen molar-refractivity contribution in [2.45, 2.75) is 64.4 Å². The van der Waals surface area contributed by atoms with E-state index >= 15 is 0 Å². The average molecular weight is 336 g/mol. The van der Waals surface area contributed by atoms with Gasteiger partial charge in [-0.15, -0.1) is 0 Å². The first-order chi connectivity index (χ1) is 11.2. The van der Waals surface area contributed by atoms with Crippen molar-refractivity contribution in [3.05, 3.63) is 0 Å². The molecular formula is C18H24O6. The molecule has 0 aromatic carbocycles. The minimum atomic E-state index is -2.14. The third-order valence-corrected chi connectivity index (χ3v) is 7.14. The molecule has 0 aromatic heterocycles. The Bertz CT molecular complexity index is 625. The van der Waals surface area contributed by atoms with Crippen LogP contribution in [0.15, 0.2) is 0 Å². The van der Waals surface area contributed by atoms with E-state index in [-0.39, 0.29) is 17.8 Å². The van der Waals surface area contributed by atoms with Gasteiger partial charge in [0, 0.05) is 11.3 Å². The molecule has 6 heteroatoms. The Morgan fingerprint density at radius 2 is 1.71 bits per heavy atom. The van der Waals surface area contributed by atoms with E-state index in [0.29, 0.717) is 0 Å². The first-order valence-electron chi connectivity index (χ1n) is 8.89. The summed E-state index contributed by atoms with van der Waals surface area (Å²) in [4.78, 5) is 38.6. The molecule has 2 heterocycles. The molecule has 132 valence electrons. The largest absolute Gasteiger partial charge is 0.458 e. The molecule has 4 fully saturated rings. The predicted octanol–water partition coefficient (Wildman–Crippen LogP) is 1.24. The van der Waals surface area contributed by atoms with Gasteiger partial charge in [0.25, 0.3) is 0 Å². The highest BCUT2D eigenvalue weighted by Crippen LogP contribution is 2.59. The summed E-state index contributed by atoms with van der Waals surface area (Å²) < 4.78 is 11.4. The third kappa shape index (κ3) is 1.81. The highest BCUT2D eigenvalue weighted by molar-refractivity contribution is 6.21. The normalized spacial score (nSPS) is 53.9. The molecule has 2 aliphatic heterocycles. The average Bonchev–Trinajstić information content (AvgIpc) is 2.57. The number of rotatable bonds is 0. The summed E-state index contributed by atoms with van der Waals surface area (Å²) in [5, 5.41) is 10.6. The van der Waals surface area contributed by atoms with Crippen LogP contribution in [0.5, 0.6) is 0 Å². The quantitative estimate of drug-likeness (QED) is 0.529. The molecule has 0 amide bonds. The van der Waals surface area contributed by atoms with E-state index in [1.165, 1.54) is 6.92 Å². The molecule has 8 atom stereocenters. The van der Waals surface area contributed by atoms with Crippen molar-refractivity contribution >= 4 is 17.5 Å². The van der Waals surface area contributed by atoms with Crippen molar-refractivity contribution in [2.75, 3.05) is 0 Å². The summed E-state index contributed by atoms with van der Waals surface area (Å²) in [6.07, 6.45) is 2.62. The van der Waals surface area contributed by atoms with E-state index in [2.05, 4.69) is 0 Å². The number of Topliss-reactive ketones (excluding diaryl/α,β-unsaturated/α-hetero) is 2. The number of hydrogen-bond acceptors (Lipinski definition) is 6. The molecule has 4 aliphatic rings. The fraction of sp³-hybridized carbons (Fsp3) is 0.833. The van der Waals surface area contributed by atoms with Crippen molar-refractivity contribution in [1.82, 2.24) is 0 Å². The van der Waals surface area contributed by atoms with Crippen LogP contribution in [0.2, 0.25) is 0 Å². The van der Waals surface area contributed by atoms with Gasteiger partial charge >= 0.3 is 5.97 Å². The number of carbonyl (C=O) groups excluding carboxylic acids is 3. The maximum absolute atomic E-state index is 13.4. The zero-order valence-corrected chi connectivity index (χ0v) is 14.3. The lowest BCUT2D eigenvalue weighted by Crippen LogP contribution is -2.61. The first kappa shape index (κ1) is 16.2. The lowest BCUT2D eigenvalue weighted by atomic mass is 9.50. The van der Waals surface area contributed by atoms with E-state index in [1.807, 2.05) is 13.8 Å². The molecule has 2 saturated heterocycles. The summed E-state index contributed by atoms with van der Waals surface area (Å²) in [6.45, 7) is 5.03. The van der Waals surface area contributed by atoms with Crippen LogP contribution in [0.1, 0.15) is 46.5 Å². The predicted molar refractivity (Wildman–Crippen MR) is 81.6 cm³/mol. The summed E-state index contributed by atoms with van der Waals surface area (Å²) in [5.41, 5.74) is -0.803. The zero-order valence-electron chi connectivity index (χ0n) is 14.3. The Hall–Kier alpha value is -1.27. The molecule has 6 nitrogen and oxygen atoms in total. The standard InChI is InChI=1S/C18H24O6/c1-8-12-13-9-6-4-5-7-10(9)17(8,2)14(19)11(16(21)23-12)15(20)18(3,22)24-13/h8-13,22H,4-7H2,1-3H3. The van der Waals surface area contributed by atoms with Crippen LogP contribution in [-0.2, 0) is 23.9 Å². The molecule has 1 N–H and O–H groups in total. The smallest absolute Gasteiger partial charge is 0.324 e. The Balaban J connectivity index is 1.97. The molecule has 8 unspecified atom stereocenters. The molecule has 24 heavy (non-hydrogen) atoms. The summed E-state index contributed by atoms with van der Waals surface area (Å²) >= 11 is 0. The number of fused-ring (bicyclic) bond motifs is 6. The SMILES string of the molecule is CC1C2OC(=O)C3C(=O)C(C)(O)OC2C2CCCCC2C1(C)C3=O. The second-order valence-electron chi connectivity index (χ2n) is 8.25. The van der Waals surface area contributed by atoms with Gasteiger partial charge in [-0.2, -0.15) is 0 Å². The van der Waals surface area contributed by atoms with Crippen LogP contribution < -0.4 is 0 Å². The lowest BCUT2D eigenvalue weighted by molar-refractivity contribution is -0.273. The second-order valence-corrected chi connectivity index (χ2v) is 8.25. The molecule has 2 saturated carbocycles. The number of aliphatic hydroxyl groups is 1. The maximum atomic E-state index is 13.4. The van der Waals surface area contributed by atoms with E-state index in [0.717, 1.165) is 25.7 Å². The van der Waals surface area contributed by atoms with E-state index in [4.69, 9.17) is 9.47 Å². The second kappa shape index (κ2) is 4.88. The summed E-state index contributed by atoms with van der Waals surface area (Å²) in [6, 6.07) is 0.